The molecule has 0 spiro atoms. The van der Waals surface area contributed by atoms with Crippen LogP contribution < -0.4 is 18.9 Å². The molecule has 2 aromatic rings. The second-order valence-electron chi connectivity index (χ2n) is 14.6. The largest absolute Gasteiger partial charge is 0.493 e. The normalized spacial score (nSPS) is 37.4. The Bertz CT molecular complexity index is 1540. The van der Waals surface area contributed by atoms with Crippen LogP contribution in [0.4, 0.5) is 0 Å². The second kappa shape index (κ2) is 19.2. The average Bonchev–Trinajstić information content (AvgIpc) is 3.19. The van der Waals surface area contributed by atoms with Crippen LogP contribution in [0.2, 0.25) is 0 Å². The first kappa shape index (κ1) is 44.1. The summed E-state index contributed by atoms with van der Waals surface area (Å²) in [5.41, 5.74) is 1.59. The second-order valence-corrected chi connectivity index (χ2v) is 14.6. The highest BCUT2D eigenvalue weighted by Gasteiger charge is 2.47. The van der Waals surface area contributed by atoms with Crippen LogP contribution in [-0.4, -0.2) is 180 Å². The van der Waals surface area contributed by atoms with Crippen molar-refractivity contribution in [3.05, 3.63) is 47.5 Å². The van der Waals surface area contributed by atoms with E-state index >= 15 is 0 Å². The Hall–Kier alpha value is -2.96. The maximum Gasteiger partial charge on any atom is 0.229 e. The predicted octanol–water partition coefficient (Wildman–Crippen LogP) is -3.71. The van der Waals surface area contributed by atoms with Gasteiger partial charge >= 0.3 is 0 Å². The van der Waals surface area contributed by atoms with Gasteiger partial charge in [-0.05, 0) is 60.1 Å². The molecule has 0 radical (unpaired) electrons. The van der Waals surface area contributed by atoms with E-state index < -0.39 is 112 Å². The van der Waals surface area contributed by atoms with Crippen LogP contribution in [0.3, 0.4) is 0 Å². The van der Waals surface area contributed by atoms with E-state index in [9.17, 15) is 61.3 Å². The fraction of sp³-hybridized carbons (Fsp3) is 0.676. The third-order valence-corrected chi connectivity index (χ3v) is 10.6. The molecule has 0 bridgehead atoms. The van der Waals surface area contributed by atoms with Crippen LogP contribution in [0, 0.1) is 11.8 Å². The number of aliphatic hydroxyl groups is 12. The molecule has 0 aromatic heterocycles. The summed E-state index contributed by atoms with van der Waals surface area (Å²) in [5.74, 6) is 0.431. The molecule has 316 valence electrons. The van der Waals surface area contributed by atoms with Crippen LogP contribution in [-0.2, 0) is 27.1 Å². The maximum atomic E-state index is 10.7. The fourth-order valence-corrected chi connectivity index (χ4v) is 6.82. The summed E-state index contributed by atoms with van der Waals surface area (Å²) in [6.07, 6.45) is -22.2. The lowest BCUT2D eigenvalue weighted by molar-refractivity contribution is -0.282. The first-order valence-electron chi connectivity index (χ1n) is 18.3. The number of benzene rings is 2. The summed E-state index contributed by atoms with van der Waals surface area (Å²) in [5, 5.41) is 122. The molecule has 3 heterocycles. The van der Waals surface area contributed by atoms with Gasteiger partial charge in [0.15, 0.2) is 23.0 Å². The van der Waals surface area contributed by atoms with E-state index in [1.54, 1.807) is 30.3 Å². The molecule has 17 atom stereocenters. The molecular formula is C37H54O19. The molecule has 3 aliphatic heterocycles. The van der Waals surface area contributed by atoms with Gasteiger partial charge in [-0.25, -0.2) is 0 Å². The van der Waals surface area contributed by atoms with Gasteiger partial charge in [-0.3, -0.25) is 0 Å². The lowest BCUT2D eigenvalue weighted by Gasteiger charge is -2.41. The van der Waals surface area contributed by atoms with Gasteiger partial charge < -0.3 is 94.4 Å². The summed E-state index contributed by atoms with van der Waals surface area (Å²) in [7, 11) is 1.43. The van der Waals surface area contributed by atoms with E-state index in [0.717, 1.165) is 5.56 Å². The number of methoxy groups -OCH3 is 1. The molecule has 19 heteroatoms. The number of hydrogen-bond acceptors (Lipinski definition) is 19. The smallest absolute Gasteiger partial charge is 0.229 e. The van der Waals surface area contributed by atoms with E-state index in [1.165, 1.54) is 13.2 Å². The van der Waals surface area contributed by atoms with Crippen molar-refractivity contribution in [2.45, 2.75) is 119 Å². The summed E-state index contributed by atoms with van der Waals surface area (Å²) in [4.78, 5) is 0. The highest BCUT2D eigenvalue weighted by atomic mass is 16.7. The topological polar surface area (TPSA) is 307 Å². The Balaban J connectivity index is 1.31. The van der Waals surface area contributed by atoms with E-state index in [1.807, 2.05) is 13.8 Å². The molecule has 17 unspecified atom stereocenters. The molecule has 3 fully saturated rings. The van der Waals surface area contributed by atoms with Crippen molar-refractivity contribution in [1.82, 2.24) is 0 Å². The number of aliphatic hydroxyl groups excluding tert-OH is 12. The molecule has 12 N–H and O–H groups in total. The average molecular weight is 803 g/mol. The van der Waals surface area contributed by atoms with Crippen LogP contribution in [0.15, 0.2) is 36.4 Å². The minimum atomic E-state index is -1.76. The van der Waals surface area contributed by atoms with Gasteiger partial charge in [0.2, 0.25) is 18.9 Å². The van der Waals surface area contributed by atoms with Crippen LogP contribution in [0.1, 0.15) is 25.0 Å². The van der Waals surface area contributed by atoms with Gasteiger partial charge in [0.25, 0.3) is 0 Å². The summed E-state index contributed by atoms with van der Waals surface area (Å²) >= 11 is 0. The third kappa shape index (κ3) is 9.66. The lowest BCUT2D eigenvalue weighted by Crippen LogP contribution is -2.60. The Morgan fingerprint density at radius 2 is 0.786 bits per heavy atom. The van der Waals surface area contributed by atoms with Crippen molar-refractivity contribution >= 4 is 0 Å². The van der Waals surface area contributed by atoms with Gasteiger partial charge in [-0.1, -0.05) is 26.0 Å². The molecular weight excluding hydrogens is 748 g/mol. The Labute approximate surface area is 322 Å². The van der Waals surface area contributed by atoms with Crippen molar-refractivity contribution in [3.63, 3.8) is 0 Å². The molecule has 5 rings (SSSR count). The van der Waals surface area contributed by atoms with E-state index in [4.69, 9.17) is 33.2 Å². The zero-order chi connectivity index (χ0) is 41.0. The van der Waals surface area contributed by atoms with Crippen molar-refractivity contribution < 1.29 is 94.4 Å². The predicted molar refractivity (Wildman–Crippen MR) is 188 cm³/mol. The zero-order valence-corrected chi connectivity index (χ0v) is 31.0. The summed E-state index contributed by atoms with van der Waals surface area (Å²) in [6.45, 7) is 2.06. The van der Waals surface area contributed by atoms with Crippen molar-refractivity contribution in [2.75, 3.05) is 26.9 Å². The molecule has 3 saturated heterocycles. The molecule has 3 aliphatic rings. The monoisotopic (exact) mass is 802 g/mol. The minimum absolute atomic E-state index is 0.0170. The summed E-state index contributed by atoms with van der Waals surface area (Å²) < 4.78 is 39.6. The van der Waals surface area contributed by atoms with Gasteiger partial charge in [-0.2, -0.15) is 0 Å². The van der Waals surface area contributed by atoms with Crippen molar-refractivity contribution in [1.29, 1.82) is 0 Å². The molecule has 2 aromatic carbocycles. The number of rotatable bonds is 15. The first-order valence-corrected chi connectivity index (χ1v) is 18.3. The SMILES string of the molecule is COc1cc(CC(C)C(C)Cc2ccc(OC3OC(CO)C(O)C(O)C3O)c(OC3OC(CO)C(O)C(O)C3O)c2)ccc1OC1OC(CO)C(O)C(O)C1O. The molecule has 56 heavy (non-hydrogen) atoms. The van der Waals surface area contributed by atoms with Crippen LogP contribution >= 0.6 is 0 Å². The third-order valence-electron chi connectivity index (χ3n) is 10.6. The van der Waals surface area contributed by atoms with Crippen molar-refractivity contribution in [2.24, 2.45) is 11.8 Å². The van der Waals surface area contributed by atoms with Crippen LogP contribution in [0.5, 0.6) is 23.0 Å². The van der Waals surface area contributed by atoms with Gasteiger partial charge in [0, 0.05) is 0 Å². The van der Waals surface area contributed by atoms with Gasteiger partial charge in [0.1, 0.15) is 73.2 Å². The molecule has 0 saturated carbocycles. The van der Waals surface area contributed by atoms with Gasteiger partial charge in [0.05, 0.1) is 26.9 Å². The van der Waals surface area contributed by atoms with E-state index in [2.05, 4.69) is 0 Å². The minimum Gasteiger partial charge on any atom is -0.493 e. The molecule has 0 amide bonds. The molecule has 19 nitrogen and oxygen atoms in total. The molecule has 0 aliphatic carbocycles. The zero-order valence-electron chi connectivity index (χ0n) is 31.0. The fourth-order valence-electron chi connectivity index (χ4n) is 6.82. The standard InChI is InChI=1S/C37H54O19/c1-15(8-17-4-6-19(21(10-17)50-3)51-35-32(47)29(44)26(41)23(12-38)54-35)16(2)9-18-5-7-20(52-36-33(48)30(45)27(42)24(13-39)55-36)22(11-18)53-37-34(49)31(46)28(43)25(14-40)56-37/h4-7,10-11,15-16,23-49H,8-9,12-14H2,1-3H3. The highest BCUT2D eigenvalue weighted by molar-refractivity contribution is 5.44. The Kier molecular flexibility index (Phi) is 15.1. The first-order chi connectivity index (χ1) is 26.6. The number of hydrogen-bond donors (Lipinski definition) is 12. The van der Waals surface area contributed by atoms with E-state index in [0.29, 0.717) is 24.2 Å². The Morgan fingerprint density at radius 1 is 0.464 bits per heavy atom. The van der Waals surface area contributed by atoms with E-state index in [-0.39, 0.29) is 29.1 Å². The van der Waals surface area contributed by atoms with Crippen LogP contribution in [0.25, 0.3) is 0 Å². The van der Waals surface area contributed by atoms with Crippen molar-refractivity contribution in [3.8, 4) is 23.0 Å². The lowest BCUT2D eigenvalue weighted by atomic mass is 9.85. The highest BCUT2D eigenvalue weighted by Crippen LogP contribution is 2.37. The Morgan fingerprint density at radius 3 is 1.12 bits per heavy atom. The number of ether oxygens (including phenoxy) is 7. The quantitative estimate of drug-likeness (QED) is 0.0824. The maximum absolute atomic E-state index is 10.7. The van der Waals surface area contributed by atoms with Gasteiger partial charge in [-0.15, -0.1) is 0 Å². The summed E-state index contributed by atoms with van der Waals surface area (Å²) in [6, 6.07) is 9.91.